The van der Waals surface area contributed by atoms with E-state index < -0.39 is 5.82 Å². The fourth-order valence-electron chi connectivity index (χ4n) is 1.12. The summed E-state index contributed by atoms with van der Waals surface area (Å²) in [6.45, 7) is 0.391. The fourth-order valence-corrected chi connectivity index (χ4v) is 1.29. The van der Waals surface area contributed by atoms with Crippen LogP contribution in [0.1, 0.15) is 6.42 Å². The molecule has 0 heterocycles. The van der Waals surface area contributed by atoms with E-state index in [1.807, 2.05) is 6.19 Å². The molecule has 0 saturated heterocycles. The van der Waals surface area contributed by atoms with Crippen molar-refractivity contribution in [3.63, 3.8) is 0 Å². The number of nitrogens with zero attached hydrogens (tertiary/aromatic N) is 2. The number of rotatable bonds is 4. The van der Waals surface area contributed by atoms with Gasteiger partial charge in [0.15, 0.2) is 6.19 Å². The molecular formula is C10H10ClFN2O. The third-order valence-electron chi connectivity index (χ3n) is 1.88. The first-order valence-electron chi connectivity index (χ1n) is 4.42. The van der Waals surface area contributed by atoms with Gasteiger partial charge >= 0.3 is 0 Å². The Morgan fingerprint density at radius 1 is 1.53 bits per heavy atom. The van der Waals surface area contributed by atoms with Gasteiger partial charge in [-0.15, -0.1) is 0 Å². The summed E-state index contributed by atoms with van der Waals surface area (Å²) in [4.78, 5) is 1.35. The maximum absolute atomic E-state index is 12.8. The first-order valence-corrected chi connectivity index (χ1v) is 4.80. The van der Waals surface area contributed by atoms with Crippen molar-refractivity contribution in [3.05, 3.63) is 29.0 Å². The lowest BCUT2D eigenvalue weighted by molar-refractivity contribution is 0.291. The molecule has 0 unspecified atom stereocenters. The normalized spacial score (nSPS) is 9.73. The average molecular weight is 229 g/mol. The van der Waals surface area contributed by atoms with E-state index in [9.17, 15) is 4.39 Å². The number of aliphatic hydroxyl groups is 1. The predicted molar refractivity (Wildman–Crippen MR) is 56.1 cm³/mol. The molecule has 0 amide bonds. The Morgan fingerprint density at radius 3 is 2.80 bits per heavy atom. The lowest BCUT2D eigenvalue weighted by Gasteiger charge is -2.15. The first kappa shape index (κ1) is 11.8. The van der Waals surface area contributed by atoms with Crippen molar-refractivity contribution in [2.24, 2.45) is 0 Å². The van der Waals surface area contributed by atoms with Crippen LogP contribution in [0.4, 0.5) is 10.1 Å². The molecule has 0 atom stereocenters. The van der Waals surface area contributed by atoms with Gasteiger partial charge in [-0.25, -0.2) is 4.39 Å². The van der Waals surface area contributed by atoms with Crippen molar-refractivity contribution >= 4 is 17.3 Å². The number of aliphatic hydroxyl groups excluding tert-OH is 1. The van der Waals surface area contributed by atoms with E-state index in [2.05, 4.69) is 0 Å². The average Bonchev–Trinajstić information content (AvgIpc) is 2.24. The lowest BCUT2D eigenvalue weighted by Crippen LogP contribution is -2.18. The molecule has 0 saturated carbocycles. The van der Waals surface area contributed by atoms with E-state index in [1.54, 1.807) is 0 Å². The number of hydrogen-bond donors (Lipinski definition) is 1. The highest BCUT2D eigenvalue weighted by atomic mass is 35.5. The van der Waals surface area contributed by atoms with E-state index >= 15 is 0 Å². The van der Waals surface area contributed by atoms with E-state index in [4.69, 9.17) is 22.0 Å². The maximum Gasteiger partial charge on any atom is 0.184 e. The van der Waals surface area contributed by atoms with Gasteiger partial charge in [0.2, 0.25) is 0 Å². The van der Waals surface area contributed by atoms with Crippen LogP contribution in [0.15, 0.2) is 18.2 Å². The van der Waals surface area contributed by atoms with Crippen molar-refractivity contribution in [3.8, 4) is 6.19 Å². The van der Waals surface area contributed by atoms with Gasteiger partial charge < -0.3 is 5.11 Å². The first-order chi connectivity index (χ1) is 7.19. The molecule has 0 aliphatic rings. The van der Waals surface area contributed by atoms with Crippen LogP contribution in [0.2, 0.25) is 5.02 Å². The standard InChI is InChI=1S/C10H10ClFN2O/c11-9-6-8(2-3-10(9)12)14(7-13)4-1-5-15/h2-3,6,15H,1,4-5H2. The smallest absolute Gasteiger partial charge is 0.184 e. The van der Waals surface area contributed by atoms with Crippen LogP contribution in [0.5, 0.6) is 0 Å². The van der Waals surface area contributed by atoms with Gasteiger partial charge in [-0.3, -0.25) is 4.90 Å². The summed E-state index contributed by atoms with van der Waals surface area (Å²) in [5.41, 5.74) is 0.525. The van der Waals surface area contributed by atoms with Gasteiger partial charge in [0.1, 0.15) is 5.82 Å². The summed E-state index contributed by atoms with van der Waals surface area (Å²) in [6, 6.07) is 4.07. The zero-order valence-electron chi connectivity index (χ0n) is 7.95. The molecule has 15 heavy (non-hydrogen) atoms. The Kier molecular flexibility index (Phi) is 4.35. The molecule has 80 valence electrons. The number of anilines is 1. The molecule has 0 spiro atoms. The minimum absolute atomic E-state index is 0.00705. The highest BCUT2D eigenvalue weighted by molar-refractivity contribution is 6.31. The van der Waals surface area contributed by atoms with Crippen LogP contribution in [-0.2, 0) is 0 Å². The van der Waals surface area contributed by atoms with Crippen molar-refractivity contribution in [2.45, 2.75) is 6.42 Å². The van der Waals surface area contributed by atoms with Gasteiger partial charge in [0.05, 0.1) is 10.7 Å². The molecule has 0 fully saturated rings. The van der Waals surface area contributed by atoms with Gasteiger partial charge in [-0.1, -0.05) is 11.6 Å². The second kappa shape index (κ2) is 5.54. The number of halogens is 2. The fraction of sp³-hybridized carbons (Fsp3) is 0.300. The van der Waals surface area contributed by atoms with Crippen LogP contribution in [0.3, 0.4) is 0 Å². The monoisotopic (exact) mass is 228 g/mol. The minimum Gasteiger partial charge on any atom is -0.396 e. The minimum atomic E-state index is -0.513. The van der Waals surface area contributed by atoms with Crippen molar-refractivity contribution in [2.75, 3.05) is 18.1 Å². The predicted octanol–water partition coefficient (Wildman–Crippen LogP) is 2.15. The second-order valence-electron chi connectivity index (χ2n) is 2.93. The SMILES string of the molecule is N#CN(CCCO)c1ccc(F)c(Cl)c1. The summed E-state index contributed by atoms with van der Waals surface area (Å²) < 4.78 is 12.8. The summed E-state index contributed by atoms with van der Waals surface area (Å²) in [5, 5.41) is 17.4. The summed E-state index contributed by atoms with van der Waals surface area (Å²) in [7, 11) is 0. The Morgan fingerprint density at radius 2 is 2.27 bits per heavy atom. The third kappa shape index (κ3) is 3.08. The number of benzene rings is 1. The van der Waals surface area contributed by atoms with E-state index in [-0.39, 0.29) is 11.6 Å². The highest BCUT2D eigenvalue weighted by Gasteiger charge is 2.07. The molecule has 1 aromatic rings. The van der Waals surface area contributed by atoms with Gasteiger partial charge in [-0.2, -0.15) is 5.26 Å². The van der Waals surface area contributed by atoms with Crippen molar-refractivity contribution < 1.29 is 9.50 Å². The molecule has 1 N–H and O–H groups in total. The molecule has 0 aliphatic heterocycles. The summed E-state index contributed by atoms with van der Waals surface area (Å²) >= 11 is 5.59. The molecule has 3 nitrogen and oxygen atoms in total. The van der Waals surface area contributed by atoms with E-state index in [0.717, 1.165) is 0 Å². The molecule has 0 aromatic heterocycles. The summed E-state index contributed by atoms with van der Waals surface area (Å²) in [6.07, 6.45) is 2.42. The number of nitriles is 1. The van der Waals surface area contributed by atoms with Crippen LogP contribution in [0.25, 0.3) is 0 Å². The molecule has 1 rings (SSSR count). The molecule has 0 radical (unpaired) electrons. The quantitative estimate of drug-likeness (QED) is 0.635. The molecule has 1 aromatic carbocycles. The summed E-state index contributed by atoms with van der Waals surface area (Å²) in [5.74, 6) is -0.513. The van der Waals surface area contributed by atoms with Crippen molar-refractivity contribution in [1.29, 1.82) is 5.26 Å². The molecular weight excluding hydrogens is 219 g/mol. The highest BCUT2D eigenvalue weighted by Crippen LogP contribution is 2.22. The number of hydrogen-bond acceptors (Lipinski definition) is 3. The van der Waals surface area contributed by atoms with Gasteiger partial charge in [-0.05, 0) is 24.6 Å². The zero-order chi connectivity index (χ0) is 11.3. The third-order valence-corrected chi connectivity index (χ3v) is 2.17. The second-order valence-corrected chi connectivity index (χ2v) is 3.33. The Labute approximate surface area is 92.3 Å². The molecule has 5 heteroatoms. The Hall–Kier alpha value is -1.31. The largest absolute Gasteiger partial charge is 0.396 e. The zero-order valence-corrected chi connectivity index (χ0v) is 8.71. The van der Waals surface area contributed by atoms with Crippen LogP contribution in [-0.4, -0.2) is 18.3 Å². The van der Waals surface area contributed by atoms with Gasteiger partial charge in [0, 0.05) is 13.2 Å². The van der Waals surface area contributed by atoms with Crippen LogP contribution in [0, 0.1) is 17.3 Å². The van der Waals surface area contributed by atoms with Crippen LogP contribution < -0.4 is 4.90 Å². The molecule has 0 bridgehead atoms. The Bertz CT molecular complexity index is 378. The maximum atomic E-state index is 12.8. The Balaban J connectivity index is 2.84. The van der Waals surface area contributed by atoms with Crippen molar-refractivity contribution in [1.82, 2.24) is 0 Å². The topological polar surface area (TPSA) is 47.3 Å². The van der Waals surface area contributed by atoms with Gasteiger partial charge in [0.25, 0.3) is 0 Å². The van der Waals surface area contributed by atoms with E-state index in [1.165, 1.54) is 23.1 Å². The lowest BCUT2D eigenvalue weighted by atomic mass is 10.2. The molecule has 0 aliphatic carbocycles. The van der Waals surface area contributed by atoms with E-state index in [0.29, 0.717) is 18.7 Å². The van der Waals surface area contributed by atoms with Crippen LogP contribution >= 0.6 is 11.6 Å².